The van der Waals surface area contributed by atoms with Gasteiger partial charge in [0, 0.05) is 0 Å². The minimum Gasteiger partial charge on any atom is -1.00 e. The van der Waals surface area contributed by atoms with Crippen LogP contribution in [0.15, 0.2) is 48.5 Å². The Morgan fingerprint density at radius 1 is 1.06 bits per heavy atom. The molecule has 0 nitrogen and oxygen atoms in total. The van der Waals surface area contributed by atoms with E-state index in [0.717, 1.165) is 0 Å². The number of hydrogen-bond donors (Lipinski definition) is 0. The topological polar surface area (TPSA) is 0 Å². The summed E-state index contributed by atoms with van der Waals surface area (Å²) in [5.74, 6) is 0. The first-order valence-corrected chi connectivity index (χ1v) is 6.25. The number of aryl methyl sites for hydroxylation is 2. The summed E-state index contributed by atoms with van der Waals surface area (Å²) in [5, 5.41) is 0. The van der Waals surface area contributed by atoms with Gasteiger partial charge >= 0.3 is 28.4 Å². The zero-order valence-corrected chi connectivity index (χ0v) is 13.6. The Balaban J connectivity index is -0.000000169. The van der Waals surface area contributed by atoms with Crippen molar-refractivity contribution in [1.82, 2.24) is 0 Å². The predicted octanol–water partition coefficient (Wildman–Crippen LogP) is -2.60. The summed E-state index contributed by atoms with van der Waals surface area (Å²) >= 11 is 1.30. The van der Waals surface area contributed by atoms with Gasteiger partial charge in [-0.2, -0.15) is 35.9 Å². The van der Waals surface area contributed by atoms with Crippen LogP contribution in [-0.4, -0.2) is 4.21 Å². The van der Waals surface area contributed by atoms with E-state index in [0.29, 0.717) is 0 Å². The molecule has 0 bridgehead atoms. The largest absolute Gasteiger partial charge is 1.00 e. The SMILES string of the molecule is Cc1c[cH-]c(C)c1.[CH2]=[Zr+2].[Cl-].[Cl-].c1cc[cH-]c1. The Labute approximate surface area is 126 Å². The van der Waals surface area contributed by atoms with Gasteiger partial charge in [0.2, 0.25) is 0 Å². The summed E-state index contributed by atoms with van der Waals surface area (Å²) in [6.07, 6.45) is 0. The molecule has 0 aliphatic heterocycles. The number of hydrogen-bond acceptors (Lipinski definition) is 0. The molecule has 0 aliphatic carbocycles. The third-order valence-corrected chi connectivity index (χ3v) is 1.62. The second-order valence-electron chi connectivity index (χ2n) is 2.93. The summed E-state index contributed by atoms with van der Waals surface area (Å²) in [5.41, 5.74) is 2.72. The second kappa shape index (κ2) is 15.0. The van der Waals surface area contributed by atoms with E-state index in [2.05, 4.69) is 36.3 Å². The maximum atomic E-state index is 3.34. The van der Waals surface area contributed by atoms with Gasteiger partial charge in [-0.05, 0) is 0 Å². The molecule has 0 atom stereocenters. The smallest absolute Gasteiger partial charge is 0.172 e. The van der Waals surface area contributed by atoms with Crippen molar-refractivity contribution >= 4 is 4.21 Å². The van der Waals surface area contributed by atoms with Crippen LogP contribution in [0.2, 0.25) is 0 Å². The van der Waals surface area contributed by atoms with Gasteiger partial charge in [-0.15, -0.1) is 0 Å². The van der Waals surface area contributed by atoms with E-state index in [1.807, 2.05) is 30.3 Å². The maximum Gasteiger partial charge on any atom is -0.172 e. The molecule has 0 unspecified atom stereocenters. The first-order valence-electron chi connectivity index (χ1n) is 4.51. The van der Waals surface area contributed by atoms with Gasteiger partial charge in [0.15, 0.2) is 0 Å². The Kier molecular flexibility index (Phi) is 20.0. The number of halogens is 2. The summed E-state index contributed by atoms with van der Waals surface area (Å²) in [4.78, 5) is 0. The van der Waals surface area contributed by atoms with Crippen molar-refractivity contribution in [3.63, 3.8) is 0 Å². The van der Waals surface area contributed by atoms with E-state index in [4.69, 9.17) is 0 Å². The van der Waals surface area contributed by atoms with Crippen LogP contribution in [0.3, 0.4) is 0 Å². The van der Waals surface area contributed by atoms with E-state index < -0.39 is 0 Å². The number of rotatable bonds is 0. The summed E-state index contributed by atoms with van der Waals surface area (Å²) in [6, 6.07) is 16.4. The molecule has 3 heteroatoms. The first kappa shape index (κ1) is 21.3. The molecule has 0 aromatic heterocycles. The van der Waals surface area contributed by atoms with Crippen LogP contribution in [-0.2, 0) is 24.2 Å². The molecule has 0 N–H and O–H groups in total. The predicted molar refractivity (Wildman–Crippen MR) is 60.7 cm³/mol. The van der Waals surface area contributed by atoms with E-state index in [1.54, 1.807) is 0 Å². The normalized spacial score (nSPS) is 7.00. The quantitative estimate of drug-likeness (QED) is 0.464. The Morgan fingerprint density at radius 2 is 1.56 bits per heavy atom. The third kappa shape index (κ3) is 12.1. The Bertz CT molecular complexity index is 279. The molecule has 0 radical (unpaired) electrons. The molecule has 2 aromatic carbocycles. The minimum absolute atomic E-state index is 0. The van der Waals surface area contributed by atoms with Gasteiger partial charge in [0.05, 0.1) is 0 Å². The molecular formula is C13H16Cl2Zr-2. The summed E-state index contributed by atoms with van der Waals surface area (Å²) in [7, 11) is 0. The van der Waals surface area contributed by atoms with Crippen LogP contribution in [0.25, 0.3) is 0 Å². The van der Waals surface area contributed by atoms with Crippen LogP contribution in [0.4, 0.5) is 0 Å². The van der Waals surface area contributed by atoms with Crippen molar-refractivity contribution in [2.45, 2.75) is 13.8 Å². The molecule has 0 saturated carbocycles. The molecule has 0 fully saturated rings. The Hall–Kier alpha value is 0.0331. The van der Waals surface area contributed by atoms with Crippen molar-refractivity contribution in [3.05, 3.63) is 59.7 Å². The molecule has 88 valence electrons. The first-order chi connectivity index (χ1) is 6.79. The van der Waals surface area contributed by atoms with Gasteiger partial charge in [-0.1, -0.05) is 13.8 Å². The fraction of sp³-hybridized carbons (Fsp3) is 0.154. The van der Waals surface area contributed by atoms with Crippen molar-refractivity contribution in [2.75, 3.05) is 0 Å². The molecule has 0 amide bonds. The van der Waals surface area contributed by atoms with Crippen molar-refractivity contribution < 1.29 is 49.0 Å². The standard InChI is InChI=1S/C7H9.C5H5.CH2.2ClH.Zr/c1-6-3-4-7(2)5-6;1-2-4-5-3-1;;;;/h3-5H,1-2H3;1-5H;1H2;2*1H;/q2*-1;;;;+2/p-2. The molecule has 2 rings (SSSR count). The average Bonchev–Trinajstić information content (AvgIpc) is 2.84. The van der Waals surface area contributed by atoms with E-state index >= 15 is 0 Å². The van der Waals surface area contributed by atoms with Gasteiger partial charge in [-0.25, -0.2) is 23.8 Å². The van der Waals surface area contributed by atoms with Gasteiger partial charge in [0.1, 0.15) is 0 Å². The zero-order chi connectivity index (χ0) is 10.8. The molecule has 0 saturated heterocycles. The fourth-order valence-corrected chi connectivity index (χ4v) is 1.04. The molecule has 0 spiro atoms. The average molecular weight is 334 g/mol. The van der Waals surface area contributed by atoms with Crippen LogP contribution in [0, 0.1) is 13.8 Å². The fourth-order valence-electron chi connectivity index (χ4n) is 1.04. The van der Waals surface area contributed by atoms with Crippen molar-refractivity contribution in [1.29, 1.82) is 0 Å². The van der Waals surface area contributed by atoms with Crippen molar-refractivity contribution in [3.8, 4) is 0 Å². The molecule has 0 heterocycles. The van der Waals surface area contributed by atoms with Gasteiger partial charge in [0.25, 0.3) is 0 Å². The summed E-state index contributed by atoms with van der Waals surface area (Å²) in [6.45, 7) is 4.21. The van der Waals surface area contributed by atoms with Gasteiger partial charge < -0.3 is 24.8 Å². The van der Waals surface area contributed by atoms with Crippen molar-refractivity contribution in [2.24, 2.45) is 0 Å². The monoisotopic (exact) mass is 332 g/mol. The van der Waals surface area contributed by atoms with Crippen LogP contribution in [0.5, 0.6) is 0 Å². The maximum absolute atomic E-state index is 3.34. The van der Waals surface area contributed by atoms with Crippen LogP contribution >= 0.6 is 0 Å². The summed E-state index contributed by atoms with van der Waals surface area (Å²) < 4.78 is 3.34. The van der Waals surface area contributed by atoms with Crippen LogP contribution in [0.1, 0.15) is 11.1 Å². The van der Waals surface area contributed by atoms with E-state index in [9.17, 15) is 0 Å². The van der Waals surface area contributed by atoms with Crippen LogP contribution < -0.4 is 24.8 Å². The van der Waals surface area contributed by atoms with E-state index in [1.165, 1.54) is 35.4 Å². The minimum atomic E-state index is 0. The molecule has 0 aliphatic rings. The molecule has 2 aromatic rings. The molecular weight excluding hydrogens is 318 g/mol. The van der Waals surface area contributed by atoms with Gasteiger partial charge in [-0.3, -0.25) is 0 Å². The molecule has 16 heavy (non-hydrogen) atoms. The van der Waals surface area contributed by atoms with E-state index in [-0.39, 0.29) is 24.8 Å². The Morgan fingerprint density at radius 3 is 1.69 bits per heavy atom. The third-order valence-electron chi connectivity index (χ3n) is 1.62. The zero-order valence-electron chi connectivity index (χ0n) is 9.58. The second-order valence-corrected chi connectivity index (χ2v) is 2.93.